The van der Waals surface area contributed by atoms with Gasteiger partial charge in [0, 0.05) is 16.8 Å². The van der Waals surface area contributed by atoms with Gasteiger partial charge >= 0.3 is 6.18 Å². The zero-order valence-electron chi connectivity index (χ0n) is 22.4. The van der Waals surface area contributed by atoms with Crippen molar-refractivity contribution in [1.29, 1.82) is 5.41 Å². The molecule has 1 aliphatic carbocycles. The maximum Gasteiger partial charge on any atom is 0.416 e. The molecule has 4 rings (SSSR count). The minimum atomic E-state index is -4.69. The molecule has 2 aromatic carbocycles. The number of fused-ring (bicyclic) bond motifs is 1. The van der Waals surface area contributed by atoms with Crippen molar-refractivity contribution in [3.8, 4) is 12.8 Å². The second-order valence-corrected chi connectivity index (χ2v) is 8.39. The molecule has 1 aliphatic heterocycles. The maximum atomic E-state index is 13.6. The molecular weight excluding hydrogens is 493 g/mol. The molecule has 2 aliphatic rings. The Morgan fingerprint density at radius 2 is 1.76 bits per heavy atom. The molecule has 0 saturated heterocycles. The van der Waals surface area contributed by atoms with Crippen molar-refractivity contribution in [2.45, 2.75) is 65.6 Å². The molecule has 204 valence electrons. The molecule has 9 heteroatoms. The molecule has 0 spiro atoms. The van der Waals surface area contributed by atoms with Crippen molar-refractivity contribution in [3.63, 3.8) is 0 Å². The lowest BCUT2D eigenvalue weighted by molar-refractivity contribution is -0.138. The van der Waals surface area contributed by atoms with Crippen LogP contribution in [0.3, 0.4) is 0 Å². The van der Waals surface area contributed by atoms with Gasteiger partial charge in [-0.2, -0.15) is 13.2 Å². The molecule has 0 radical (unpaired) electrons. The van der Waals surface area contributed by atoms with Crippen molar-refractivity contribution in [2.75, 3.05) is 4.90 Å². The van der Waals surface area contributed by atoms with E-state index in [-0.39, 0.29) is 23.2 Å². The lowest BCUT2D eigenvalue weighted by atomic mass is 9.58. The molecule has 0 atom stereocenters. The number of halogens is 3. The van der Waals surface area contributed by atoms with Gasteiger partial charge in [0.15, 0.2) is 0 Å². The number of hydrogen-bond acceptors (Lipinski definition) is 3. The fraction of sp³-hybridized carbons (Fsp3) is 0.379. The van der Waals surface area contributed by atoms with E-state index in [1.807, 2.05) is 33.8 Å². The number of nitrogens with two attached hydrogens (primary N) is 1. The SMILES string of the molecule is C#C.CC.CC.CC1CC(C(N)=NC=N)(c2cccc(N3Cc4c(cc(C=O)cc4C(F)(F)F)C3=O)c2)C1. The van der Waals surface area contributed by atoms with Gasteiger partial charge in [0.2, 0.25) is 0 Å². The molecule has 1 saturated carbocycles. The number of terminal acetylenes is 1. The van der Waals surface area contributed by atoms with Crippen molar-refractivity contribution >= 4 is 30.1 Å². The molecule has 6 nitrogen and oxygen atoms in total. The second-order valence-electron chi connectivity index (χ2n) is 8.39. The van der Waals surface area contributed by atoms with E-state index in [9.17, 15) is 22.8 Å². The van der Waals surface area contributed by atoms with E-state index in [4.69, 9.17) is 11.1 Å². The number of hydrogen-bond donors (Lipinski definition) is 2. The number of carbonyl (C=O) groups excluding carboxylic acids is 2. The highest BCUT2D eigenvalue weighted by Gasteiger charge is 2.47. The van der Waals surface area contributed by atoms with Crippen LogP contribution in [0.2, 0.25) is 0 Å². The van der Waals surface area contributed by atoms with E-state index in [0.29, 0.717) is 36.6 Å². The quantitative estimate of drug-likeness (QED) is 0.198. The number of nitrogens with zero attached hydrogens (tertiary/aromatic N) is 2. The highest BCUT2D eigenvalue weighted by atomic mass is 19.4. The Morgan fingerprint density at radius 1 is 1.16 bits per heavy atom. The minimum absolute atomic E-state index is 0.121. The third-order valence-electron chi connectivity index (χ3n) is 6.30. The highest BCUT2D eigenvalue weighted by molar-refractivity contribution is 6.11. The number of aldehydes is 1. The van der Waals surface area contributed by atoms with E-state index in [2.05, 4.69) is 24.8 Å². The van der Waals surface area contributed by atoms with Crippen LogP contribution < -0.4 is 10.6 Å². The minimum Gasteiger partial charge on any atom is -0.386 e. The zero-order chi connectivity index (χ0) is 29.3. The zero-order valence-corrected chi connectivity index (χ0v) is 22.4. The van der Waals surface area contributed by atoms with Gasteiger partial charge in [-0.25, -0.2) is 4.99 Å². The second kappa shape index (κ2) is 13.6. The molecule has 3 N–H and O–H groups in total. The smallest absolute Gasteiger partial charge is 0.386 e. The first-order valence-electron chi connectivity index (χ1n) is 12.4. The largest absolute Gasteiger partial charge is 0.416 e. The van der Waals surface area contributed by atoms with Crippen LogP contribution in [0.1, 0.15) is 84.9 Å². The van der Waals surface area contributed by atoms with Crippen molar-refractivity contribution < 1.29 is 22.8 Å². The van der Waals surface area contributed by atoms with Gasteiger partial charge in [-0.1, -0.05) is 46.8 Å². The average Bonchev–Trinajstić information content (AvgIpc) is 3.25. The molecule has 0 unspecified atom stereocenters. The van der Waals surface area contributed by atoms with Gasteiger partial charge in [-0.15, -0.1) is 12.8 Å². The molecule has 38 heavy (non-hydrogen) atoms. The molecule has 1 fully saturated rings. The summed E-state index contributed by atoms with van der Waals surface area (Å²) in [6.07, 6.45) is 5.93. The fourth-order valence-electron chi connectivity index (χ4n) is 4.85. The van der Waals surface area contributed by atoms with Crippen LogP contribution in [-0.4, -0.2) is 24.4 Å². The lowest BCUT2D eigenvalue weighted by Gasteiger charge is -2.46. The standard InChI is InChI=1S/C23H21F3N4O2.2C2H6.C2H2/c1-13-8-22(9-13,21(28)29-12-27)15-3-2-4-16(7-15)30-10-18-17(20(30)32)5-14(11-31)6-19(18)23(24,25)26;3*1-2/h2-7,11-13H,8-10H2,1H3,(H3,27,28,29);2*1-2H3;1-2H. The normalized spacial score (nSPS) is 19.7. The maximum absolute atomic E-state index is 13.6. The Hall–Kier alpha value is -3.93. The number of alkyl halides is 3. The number of anilines is 1. The first kappa shape index (κ1) is 32.1. The van der Waals surface area contributed by atoms with Crippen molar-refractivity contribution in [2.24, 2.45) is 16.6 Å². The van der Waals surface area contributed by atoms with Crippen LogP contribution in [0.25, 0.3) is 0 Å². The molecule has 0 bridgehead atoms. The van der Waals surface area contributed by atoms with Crippen molar-refractivity contribution in [3.05, 3.63) is 64.2 Å². The summed E-state index contributed by atoms with van der Waals surface area (Å²) in [5, 5.41) is 7.25. The summed E-state index contributed by atoms with van der Waals surface area (Å²) >= 11 is 0. The van der Waals surface area contributed by atoms with Crippen LogP contribution in [0.4, 0.5) is 18.9 Å². The summed E-state index contributed by atoms with van der Waals surface area (Å²) < 4.78 is 40.8. The summed E-state index contributed by atoms with van der Waals surface area (Å²) in [5.74, 6) is 0.101. The molecule has 0 aromatic heterocycles. The first-order chi connectivity index (χ1) is 18.1. The predicted octanol–water partition coefficient (Wildman–Crippen LogP) is 6.61. The number of aliphatic imine (C=N–C) groups is 1. The van der Waals surface area contributed by atoms with Crippen LogP contribution in [-0.2, 0) is 18.1 Å². The number of nitrogens with one attached hydrogen (secondary N) is 1. The monoisotopic (exact) mass is 528 g/mol. The van der Waals surface area contributed by atoms with Gasteiger partial charge in [0.1, 0.15) is 18.5 Å². The number of benzene rings is 2. The van der Waals surface area contributed by atoms with E-state index in [1.54, 1.807) is 18.2 Å². The van der Waals surface area contributed by atoms with Crippen molar-refractivity contribution in [1.82, 2.24) is 0 Å². The van der Waals surface area contributed by atoms with Gasteiger partial charge in [-0.3, -0.25) is 15.0 Å². The third kappa shape index (κ3) is 6.13. The first-order valence-corrected chi connectivity index (χ1v) is 12.4. The average molecular weight is 529 g/mol. The van der Waals surface area contributed by atoms with Crippen LogP contribution >= 0.6 is 0 Å². The fourth-order valence-corrected chi connectivity index (χ4v) is 4.85. The van der Waals surface area contributed by atoms with Crippen LogP contribution in [0.5, 0.6) is 0 Å². The van der Waals surface area contributed by atoms with E-state index in [1.165, 1.54) is 11.0 Å². The summed E-state index contributed by atoms with van der Waals surface area (Å²) in [5.41, 5.74) is 5.39. The van der Waals surface area contributed by atoms with Gasteiger partial charge < -0.3 is 10.6 Å². The number of amides is 1. The highest BCUT2D eigenvalue weighted by Crippen LogP contribution is 2.49. The van der Waals surface area contributed by atoms with Gasteiger partial charge in [0.25, 0.3) is 5.91 Å². The Balaban J connectivity index is 0.00000112. The van der Waals surface area contributed by atoms with Gasteiger partial charge in [0.05, 0.1) is 17.5 Å². The predicted molar refractivity (Wildman–Crippen MR) is 147 cm³/mol. The summed E-state index contributed by atoms with van der Waals surface area (Å²) in [6, 6.07) is 8.95. The molecular formula is C29H35F3N4O2. The Kier molecular flexibility index (Phi) is 11.5. The van der Waals surface area contributed by atoms with Crippen LogP contribution in [0.15, 0.2) is 41.4 Å². The lowest BCUT2D eigenvalue weighted by Crippen LogP contribution is -2.50. The summed E-state index contributed by atoms with van der Waals surface area (Å²) in [7, 11) is 0. The van der Waals surface area contributed by atoms with Crippen LogP contribution in [0, 0.1) is 24.2 Å². The summed E-state index contributed by atoms with van der Waals surface area (Å²) in [4.78, 5) is 29.4. The number of amidine groups is 1. The van der Waals surface area contributed by atoms with E-state index < -0.39 is 23.1 Å². The summed E-state index contributed by atoms with van der Waals surface area (Å²) in [6.45, 7) is 9.82. The Morgan fingerprint density at radius 3 is 2.26 bits per heavy atom. The van der Waals surface area contributed by atoms with E-state index >= 15 is 0 Å². The topological polar surface area (TPSA) is 99.6 Å². The van der Waals surface area contributed by atoms with E-state index in [0.717, 1.165) is 18.0 Å². The number of carbonyl (C=O) groups is 2. The molecule has 1 amide bonds. The van der Waals surface area contributed by atoms with Gasteiger partial charge in [-0.05, 0) is 54.2 Å². The Bertz CT molecular complexity index is 1200. The molecule has 1 heterocycles. The molecule has 2 aromatic rings. The Labute approximate surface area is 222 Å². The third-order valence-corrected chi connectivity index (χ3v) is 6.30. The number of rotatable bonds is 5.